The van der Waals surface area contributed by atoms with Gasteiger partial charge in [-0.05, 0) is 20.8 Å². The summed E-state index contributed by atoms with van der Waals surface area (Å²) in [5.41, 5.74) is -3.28. The quantitative estimate of drug-likeness (QED) is 0.696. The van der Waals surface area contributed by atoms with Crippen LogP contribution in [0.15, 0.2) is 0 Å². The summed E-state index contributed by atoms with van der Waals surface area (Å²) in [4.78, 5) is 12.6. The summed E-state index contributed by atoms with van der Waals surface area (Å²) in [6, 6.07) is 0. The van der Waals surface area contributed by atoms with Crippen molar-refractivity contribution in [1.82, 2.24) is 10.2 Å². The number of amides is 1. The van der Waals surface area contributed by atoms with Gasteiger partial charge in [-0.15, -0.1) is 0 Å². The van der Waals surface area contributed by atoms with Gasteiger partial charge in [0.1, 0.15) is 11.0 Å². The van der Waals surface area contributed by atoms with E-state index in [1.165, 1.54) is 0 Å². The van der Waals surface area contributed by atoms with E-state index in [4.69, 9.17) is 4.74 Å². The zero-order valence-corrected chi connectivity index (χ0v) is 11.6. The first-order valence-electron chi connectivity index (χ1n) is 6.35. The molecule has 2 aliphatic heterocycles. The molecule has 8 heteroatoms. The summed E-state index contributed by atoms with van der Waals surface area (Å²) in [7, 11) is 0. The molecule has 0 aliphatic carbocycles. The Morgan fingerprint density at radius 3 is 1.95 bits per heavy atom. The molecule has 1 amide bonds. The van der Waals surface area contributed by atoms with Gasteiger partial charge in [-0.25, -0.2) is 22.4 Å². The van der Waals surface area contributed by atoms with Crippen molar-refractivity contribution in [2.24, 2.45) is 5.41 Å². The van der Waals surface area contributed by atoms with Crippen LogP contribution in [-0.4, -0.2) is 54.6 Å². The Bertz CT molecular complexity index is 396. The highest BCUT2D eigenvalue weighted by molar-refractivity contribution is 5.69. The highest BCUT2D eigenvalue weighted by atomic mass is 19.3. The standard InChI is InChI=1S/C12H18F4N2O2/c1-9(2,3)20-8(19)18-6-10(7-18)11(13,14)4-17-5-12(10,15)16/h17H,4-7H2,1-3H3. The van der Waals surface area contributed by atoms with Crippen LogP contribution in [0.4, 0.5) is 22.4 Å². The van der Waals surface area contributed by atoms with Gasteiger partial charge in [-0.1, -0.05) is 0 Å². The van der Waals surface area contributed by atoms with Gasteiger partial charge in [-0.2, -0.15) is 0 Å². The van der Waals surface area contributed by atoms with E-state index in [1.54, 1.807) is 20.8 Å². The lowest BCUT2D eigenvalue weighted by atomic mass is 9.67. The monoisotopic (exact) mass is 298 g/mol. The van der Waals surface area contributed by atoms with E-state index in [-0.39, 0.29) is 0 Å². The molecule has 0 radical (unpaired) electrons. The molecule has 4 nitrogen and oxygen atoms in total. The van der Waals surface area contributed by atoms with Crippen molar-refractivity contribution < 1.29 is 27.1 Å². The number of piperidine rings is 1. The third-order valence-electron chi connectivity index (χ3n) is 3.67. The van der Waals surface area contributed by atoms with Crippen molar-refractivity contribution in [3.63, 3.8) is 0 Å². The summed E-state index contributed by atoms with van der Waals surface area (Å²) in [5, 5.41) is 2.04. The van der Waals surface area contributed by atoms with Crippen molar-refractivity contribution in [3.8, 4) is 0 Å². The lowest BCUT2D eigenvalue weighted by Crippen LogP contribution is -2.78. The van der Waals surface area contributed by atoms with Gasteiger partial charge in [0.2, 0.25) is 0 Å². The molecule has 2 heterocycles. The number of carbonyl (C=O) groups excluding carboxylic acids is 1. The van der Waals surface area contributed by atoms with Crippen LogP contribution in [0.1, 0.15) is 20.8 Å². The number of ether oxygens (including phenoxy) is 1. The Balaban J connectivity index is 2.11. The van der Waals surface area contributed by atoms with E-state index in [2.05, 4.69) is 0 Å². The maximum absolute atomic E-state index is 13.9. The molecule has 0 unspecified atom stereocenters. The first-order valence-corrected chi connectivity index (χ1v) is 6.35. The SMILES string of the molecule is CC(C)(C)OC(=O)N1CC2(C1)C(F)(F)CNCC2(F)F. The maximum Gasteiger partial charge on any atom is 0.410 e. The van der Waals surface area contributed by atoms with Gasteiger partial charge in [-0.3, -0.25) is 0 Å². The van der Waals surface area contributed by atoms with E-state index < -0.39 is 55.1 Å². The molecule has 20 heavy (non-hydrogen) atoms. The average Bonchev–Trinajstić information content (AvgIpc) is 2.08. The molecule has 2 fully saturated rings. The van der Waals surface area contributed by atoms with Crippen molar-refractivity contribution in [3.05, 3.63) is 0 Å². The van der Waals surface area contributed by atoms with Crippen LogP contribution >= 0.6 is 0 Å². The van der Waals surface area contributed by atoms with Crippen molar-refractivity contribution in [2.75, 3.05) is 26.2 Å². The smallest absolute Gasteiger partial charge is 0.410 e. The zero-order valence-electron chi connectivity index (χ0n) is 11.6. The van der Waals surface area contributed by atoms with Gasteiger partial charge < -0.3 is 15.0 Å². The number of hydrogen-bond donors (Lipinski definition) is 1. The highest BCUT2D eigenvalue weighted by Crippen LogP contribution is 2.55. The second-order valence-electron chi connectivity index (χ2n) is 6.43. The number of carbonyl (C=O) groups is 1. The summed E-state index contributed by atoms with van der Waals surface area (Å²) in [5.74, 6) is -7.12. The van der Waals surface area contributed by atoms with Gasteiger partial charge >= 0.3 is 6.09 Å². The van der Waals surface area contributed by atoms with E-state index >= 15 is 0 Å². The topological polar surface area (TPSA) is 41.6 Å². The van der Waals surface area contributed by atoms with Crippen LogP contribution < -0.4 is 5.32 Å². The largest absolute Gasteiger partial charge is 0.444 e. The summed E-state index contributed by atoms with van der Waals surface area (Å²) in [6.45, 7) is 1.87. The molecule has 2 aliphatic rings. The number of rotatable bonds is 0. The number of hydrogen-bond acceptors (Lipinski definition) is 3. The van der Waals surface area contributed by atoms with Crippen LogP contribution in [0, 0.1) is 5.41 Å². The van der Waals surface area contributed by atoms with E-state index in [0.29, 0.717) is 0 Å². The lowest BCUT2D eigenvalue weighted by Gasteiger charge is -2.58. The molecule has 0 bridgehead atoms. The van der Waals surface area contributed by atoms with Crippen LogP contribution in [0.25, 0.3) is 0 Å². The number of alkyl halides is 4. The third-order valence-corrected chi connectivity index (χ3v) is 3.67. The average molecular weight is 298 g/mol. The van der Waals surface area contributed by atoms with E-state index in [9.17, 15) is 22.4 Å². The van der Waals surface area contributed by atoms with Crippen LogP contribution in [0.3, 0.4) is 0 Å². The van der Waals surface area contributed by atoms with Gasteiger partial charge in [0, 0.05) is 13.1 Å². The van der Waals surface area contributed by atoms with Crippen LogP contribution in [-0.2, 0) is 4.74 Å². The number of halogens is 4. The Kier molecular flexibility index (Phi) is 3.24. The minimum atomic E-state index is -3.56. The lowest BCUT2D eigenvalue weighted by molar-refractivity contribution is -0.298. The molecule has 1 N–H and O–H groups in total. The minimum absolute atomic E-state index is 0.691. The first kappa shape index (κ1) is 15.3. The molecule has 0 aromatic heterocycles. The molecule has 0 atom stereocenters. The zero-order chi connectivity index (χ0) is 15.4. The molecular formula is C12H18F4N2O2. The molecule has 2 rings (SSSR count). The Hall–Kier alpha value is -1.05. The molecule has 2 saturated heterocycles. The fourth-order valence-corrected chi connectivity index (χ4v) is 2.51. The fourth-order valence-electron chi connectivity index (χ4n) is 2.51. The molecule has 0 aromatic rings. The normalized spacial score (nSPS) is 27.1. The summed E-state index contributed by atoms with van der Waals surface area (Å²) < 4.78 is 60.4. The molecule has 116 valence electrons. The van der Waals surface area contributed by atoms with Crippen molar-refractivity contribution in [2.45, 2.75) is 38.2 Å². The Morgan fingerprint density at radius 2 is 1.55 bits per heavy atom. The fraction of sp³-hybridized carbons (Fsp3) is 0.917. The van der Waals surface area contributed by atoms with Crippen LogP contribution in [0.2, 0.25) is 0 Å². The number of likely N-dealkylation sites (tertiary alicyclic amines) is 1. The Labute approximate surface area is 114 Å². The Morgan fingerprint density at radius 1 is 1.10 bits per heavy atom. The summed E-state index contributed by atoms with van der Waals surface area (Å²) >= 11 is 0. The number of nitrogens with zero attached hydrogens (tertiary/aromatic N) is 1. The predicted octanol–water partition coefficient (Wildman–Crippen LogP) is 2.10. The van der Waals surface area contributed by atoms with E-state index in [0.717, 1.165) is 4.90 Å². The van der Waals surface area contributed by atoms with Gasteiger partial charge in [0.05, 0.1) is 13.1 Å². The predicted molar refractivity (Wildman–Crippen MR) is 63.0 cm³/mol. The van der Waals surface area contributed by atoms with Crippen molar-refractivity contribution in [1.29, 1.82) is 0 Å². The first-order chi connectivity index (χ1) is 8.90. The van der Waals surface area contributed by atoms with Gasteiger partial charge in [0.15, 0.2) is 0 Å². The molecule has 0 saturated carbocycles. The van der Waals surface area contributed by atoms with Crippen LogP contribution in [0.5, 0.6) is 0 Å². The molecular weight excluding hydrogens is 280 g/mol. The maximum atomic E-state index is 13.9. The van der Waals surface area contributed by atoms with E-state index in [1.807, 2.05) is 5.32 Å². The molecule has 1 spiro atoms. The second-order valence-corrected chi connectivity index (χ2v) is 6.43. The van der Waals surface area contributed by atoms with Gasteiger partial charge in [0.25, 0.3) is 11.8 Å². The highest BCUT2D eigenvalue weighted by Gasteiger charge is 2.75. The summed E-state index contributed by atoms with van der Waals surface area (Å²) in [6.07, 6.45) is -0.840. The van der Waals surface area contributed by atoms with Crippen molar-refractivity contribution >= 4 is 6.09 Å². The third kappa shape index (κ3) is 2.23. The minimum Gasteiger partial charge on any atom is -0.444 e. The molecule has 0 aromatic carbocycles. The number of nitrogens with one attached hydrogen (secondary N) is 1. The second kappa shape index (κ2) is 4.22.